The summed E-state index contributed by atoms with van der Waals surface area (Å²) in [7, 11) is 1.79. The Morgan fingerprint density at radius 2 is 1.88 bits per heavy atom. The number of nitrogens with zero attached hydrogens (tertiary/aromatic N) is 1. The van der Waals surface area contributed by atoms with Crippen LogP contribution in [-0.4, -0.2) is 19.5 Å². The molecule has 0 spiro atoms. The van der Waals surface area contributed by atoms with E-state index in [4.69, 9.17) is 5.73 Å². The fourth-order valence-corrected chi connectivity index (χ4v) is 1.67. The number of anilines is 1. The van der Waals surface area contributed by atoms with Gasteiger partial charge in [0.15, 0.2) is 0 Å². The van der Waals surface area contributed by atoms with Gasteiger partial charge in [-0.25, -0.2) is 0 Å². The van der Waals surface area contributed by atoms with Crippen molar-refractivity contribution in [2.24, 2.45) is 11.1 Å². The molecule has 94 valence electrons. The largest absolute Gasteiger partial charge is 0.330 e. The van der Waals surface area contributed by atoms with Gasteiger partial charge in [0.05, 0.1) is 0 Å². The molecule has 4 heteroatoms. The van der Waals surface area contributed by atoms with Crippen molar-refractivity contribution in [2.45, 2.75) is 20.3 Å². The molecule has 0 aliphatic carbocycles. The molecule has 0 atom stereocenters. The summed E-state index contributed by atoms with van der Waals surface area (Å²) in [5.74, 6) is 0.0859. The smallest absolute Gasteiger partial charge is 0.227 e. The average molecular weight is 299 g/mol. The minimum atomic E-state index is -0.152. The molecule has 0 radical (unpaired) electrons. The lowest BCUT2D eigenvalue weighted by atomic mass is 9.89. The Hall–Kier alpha value is -0.870. The predicted molar refractivity (Wildman–Crippen MR) is 75.0 cm³/mol. The number of amides is 1. The van der Waals surface area contributed by atoms with Crippen molar-refractivity contribution in [1.82, 2.24) is 0 Å². The first-order valence-corrected chi connectivity index (χ1v) is 6.37. The maximum Gasteiger partial charge on any atom is 0.227 e. The maximum atomic E-state index is 12.1. The van der Waals surface area contributed by atoms with Crippen molar-refractivity contribution in [1.29, 1.82) is 0 Å². The minimum absolute atomic E-state index is 0.0859. The van der Waals surface area contributed by atoms with Crippen molar-refractivity contribution >= 4 is 27.5 Å². The summed E-state index contributed by atoms with van der Waals surface area (Å²) in [4.78, 5) is 13.7. The van der Waals surface area contributed by atoms with Gasteiger partial charge in [0.25, 0.3) is 0 Å². The first-order chi connectivity index (χ1) is 7.85. The van der Waals surface area contributed by atoms with E-state index in [1.807, 2.05) is 38.1 Å². The van der Waals surface area contributed by atoms with Gasteiger partial charge in [0, 0.05) is 23.6 Å². The van der Waals surface area contributed by atoms with Crippen molar-refractivity contribution < 1.29 is 4.79 Å². The van der Waals surface area contributed by atoms with Crippen molar-refractivity contribution in [3.8, 4) is 0 Å². The monoisotopic (exact) mass is 298 g/mol. The molecule has 1 aromatic carbocycles. The predicted octanol–water partition coefficient (Wildman–Crippen LogP) is 2.79. The van der Waals surface area contributed by atoms with Gasteiger partial charge in [-0.3, -0.25) is 4.79 Å². The van der Waals surface area contributed by atoms with Gasteiger partial charge in [-0.15, -0.1) is 0 Å². The Morgan fingerprint density at radius 1 is 1.35 bits per heavy atom. The van der Waals surface area contributed by atoms with E-state index in [0.29, 0.717) is 13.0 Å². The quantitative estimate of drug-likeness (QED) is 0.929. The average Bonchev–Trinajstić information content (AvgIpc) is 2.28. The van der Waals surface area contributed by atoms with Crippen LogP contribution in [0, 0.1) is 5.41 Å². The molecule has 0 aliphatic heterocycles. The molecule has 0 aromatic heterocycles. The summed E-state index contributed by atoms with van der Waals surface area (Å²) in [6, 6.07) is 7.68. The second-order valence-corrected chi connectivity index (χ2v) is 5.89. The van der Waals surface area contributed by atoms with Gasteiger partial charge in [0.1, 0.15) is 0 Å². The zero-order valence-electron chi connectivity index (χ0n) is 10.5. The van der Waals surface area contributed by atoms with Gasteiger partial charge in [-0.2, -0.15) is 0 Å². The highest BCUT2D eigenvalue weighted by Gasteiger charge is 2.22. The van der Waals surface area contributed by atoms with Crippen LogP contribution in [0.2, 0.25) is 0 Å². The normalized spacial score (nSPS) is 11.4. The van der Waals surface area contributed by atoms with Gasteiger partial charge in [-0.1, -0.05) is 29.8 Å². The van der Waals surface area contributed by atoms with Crippen LogP contribution >= 0.6 is 15.9 Å². The summed E-state index contributed by atoms with van der Waals surface area (Å²) in [5, 5.41) is 0. The zero-order valence-corrected chi connectivity index (χ0v) is 12.1. The Balaban J connectivity index is 2.73. The van der Waals surface area contributed by atoms with Crippen LogP contribution in [0.3, 0.4) is 0 Å². The lowest BCUT2D eigenvalue weighted by molar-refractivity contribution is -0.120. The first kappa shape index (κ1) is 14.2. The molecule has 0 heterocycles. The third-order valence-corrected chi connectivity index (χ3v) is 3.30. The number of hydrogen-bond donors (Lipinski definition) is 1. The molecule has 2 N–H and O–H groups in total. The van der Waals surface area contributed by atoms with Gasteiger partial charge < -0.3 is 10.6 Å². The molecule has 0 aliphatic rings. The number of carbonyl (C=O) groups excluding carboxylic acids is 1. The van der Waals surface area contributed by atoms with Crippen LogP contribution in [0.5, 0.6) is 0 Å². The highest BCUT2D eigenvalue weighted by molar-refractivity contribution is 9.10. The molecule has 0 unspecified atom stereocenters. The third kappa shape index (κ3) is 4.13. The SMILES string of the molecule is CN(C(=O)CC(C)(C)CN)c1ccc(Br)cc1. The lowest BCUT2D eigenvalue weighted by Crippen LogP contribution is -2.34. The van der Waals surface area contributed by atoms with E-state index in [1.165, 1.54) is 0 Å². The number of rotatable bonds is 4. The lowest BCUT2D eigenvalue weighted by Gasteiger charge is -2.25. The fourth-order valence-electron chi connectivity index (χ4n) is 1.41. The number of nitrogens with two attached hydrogens (primary N) is 1. The molecule has 0 saturated heterocycles. The van der Waals surface area contributed by atoms with E-state index >= 15 is 0 Å². The molecular formula is C13H19BrN2O. The van der Waals surface area contributed by atoms with E-state index in [0.717, 1.165) is 10.2 Å². The van der Waals surface area contributed by atoms with Crippen molar-refractivity contribution in [2.75, 3.05) is 18.5 Å². The highest BCUT2D eigenvalue weighted by Crippen LogP contribution is 2.23. The van der Waals surface area contributed by atoms with E-state index < -0.39 is 0 Å². The molecule has 1 rings (SSSR count). The van der Waals surface area contributed by atoms with Crippen LogP contribution in [0.15, 0.2) is 28.7 Å². The second kappa shape index (κ2) is 5.65. The second-order valence-electron chi connectivity index (χ2n) is 4.97. The Morgan fingerprint density at radius 3 is 2.35 bits per heavy atom. The van der Waals surface area contributed by atoms with Crippen LogP contribution in [0.4, 0.5) is 5.69 Å². The van der Waals surface area contributed by atoms with Crippen LogP contribution in [-0.2, 0) is 4.79 Å². The molecule has 1 aromatic rings. The third-order valence-electron chi connectivity index (χ3n) is 2.77. The molecule has 1 amide bonds. The highest BCUT2D eigenvalue weighted by atomic mass is 79.9. The van der Waals surface area contributed by atoms with Crippen molar-refractivity contribution in [3.63, 3.8) is 0 Å². The zero-order chi connectivity index (χ0) is 13.1. The van der Waals surface area contributed by atoms with Crippen molar-refractivity contribution in [3.05, 3.63) is 28.7 Å². The Bertz CT molecular complexity index is 387. The summed E-state index contributed by atoms with van der Waals surface area (Å²) in [5.41, 5.74) is 6.38. The van der Waals surface area contributed by atoms with Crippen LogP contribution in [0.25, 0.3) is 0 Å². The molecular weight excluding hydrogens is 280 g/mol. The number of hydrogen-bond acceptors (Lipinski definition) is 2. The summed E-state index contributed by atoms with van der Waals surface area (Å²) in [6.45, 7) is 4.51. The minimum Gasteiger partial charge on any atom is -0.330 e. The van der Waals surface area contributed by atoms with E-state index in [2.05, 4.69) is 15.9 Å². The summed E-state index contributed by atoms with van der Waals surface area (Å²) < 4.78 is 1.00. The standard InChI is InChI=1S/C13H19BrN2O/c1-13(2,9-15)8-12(17)16(3)11-6-4-10(14)5-7-11/h4-7H,8-9,15H2,1-3H3. The Kier molecular flexibility index (Phi) is 4.71. The van der Waals surface area contributed by atoms with E-state index in [-0.39, 0.29) is 11.3 Å². The molecule has 0 saturated carbocycles. The van der Waals surface area contributed by atoms with E-state index in [1.54, 1.807) is 11.9 Å². The van der Waals surface area contributed by atoms with Gasteiger partial charge in [0.2, 0.25) is 5.91 Å². The summed E-state index contributed by atoms with van der Waals surface area (Å²) >= 11 is 3.37. The Labute approximate surface area is 111 Å². The number of carbonyl (C=O) groups is 1. The number of benzene rings is 1. The van der Waals surface area contributed by atoms with Crippen LogP contribution < -0.4 is 10.6 Å². The summed E-state index contributed by atoms with van der Waals surface area (Å²) in [6.07, 6.45) is 0.454. The molecule has 0 bridgehead atoms. The number of halogens is 1. The van der Waals surface area contributed by atoms with Gasteiger partial charge in [-0.05, 0) is 36.2 Å². The maximum absolute atomic E-state index is 12.1. The molecule has 0 fully saturated rings. The fraction of sp³-hybridized carbons (Fsp3) is 0.462. The van der Waals surface area contributed by atoms with Crippen LogP contribution in [0.1, 0.15) is 20.3 Å². The van der Waals surface area contributed by atoms with Gasteiger partial charge >= 0.3 is 0 Å². The first-order valence-electron chi connectivity index (χ1n) is 5.58. The topological polar surface area (TPSA) is 46.3 Å². The molecule has 17 heavy (non-hydrogen) atoms. The van der Waals surface area contributed by atoms with E-state index in [9.17, 15) is 4.79 Å². The molecule has 3 nitrogen and oxygen atoms in total.